The van der Waals surface area contributed by atoms with Crippen molar-refractivity contribution in [3.05, 3.63) is 23.2 Å². The molecule has 1 aromatic rings. The highest BCUT2D eigenvalue weighted by Crippen LogP contribution is 2.27. The number of halogens is 1. The molecule has 7 heteroatoms. The van der Waals surface area contributed by atoms with Gasteiger partial charge >= 0.3 is 0 Å². The highest BCUT2D eigenvalue weighted by molar-refractivity contribution is 7.89. The summed E-state index contributed by atoms with van der Waals surface area (Å²) in [5.74, 6) is 0.258. The zero-order valence-corrected chi connectivity index (χ0v) is 12.2. The number of methoxy groups -OCH3 is 1. The van der Waals surface area contributed by atoms with E-state index in [0.717, 1.165) is 25.9 Å². The van der Waals surface area contributed by atoms with Crippen molar-refractivity contribution in [2.24, 2.45) is 0 Å². The van der Waals surface area contributed by atoms with Gasteiger partial charge in [-0.3, -0.25) is 0 Å². The maximum atomic E-state index is 12.3. The van der Waals surface area contributed by atoms with Crippen LogP contribution in [-0.4, -0.2) is 34.7 Å². The second-order valence-electron chi connectivity index (χ2n) is 4.44. The van der Waals surface area contributed by atoms with Crippen molar-refractivity contribution < 1.29 is 13.2 Å². The van der Waals surface area contributed by atoms with Crippen LogP contribution in [0.15, 0.2) is 23.1 Å². The summed E-state index contributed by atoms with van der Waals surface area (Å²) in [4.78, 5) is 0.123. The highest BCUT2D eigenvalue weighted by atomic mass is 35.5. The number of nitrogens with one attached hydrogen (secondary N) is 2. The topological polar surface area (TPSA) is 67.4 Å². The first-order valence-corrected chi connectivity index (χ1v) is 7.95. The van der Waals surface area contributed by atoms with Gasteiger partial charge in [0.25, 0.3) is 0 Å². The Labute approximate surface area is 118 Å². The summed E-state index contributed by atoms with van der Waals surface area (Å²) >= 11 is 5.83. The summed E-state index contributed by atoms with van der Waals surface area (Å²) in [7, 11) is -2.16. The minimum atomic E-state index is -3.58. The standard InChI is InChI=1S/C12H17ClN2O3S/c1-18-11-8-9(13)2-3-12(11)19(16,17)15-10-4-6-14-7-5-10/h2-3,8,10,14-15H,4-7H2,1H3. The minimum absolute atomic E-state index is 0.0355. The van der Waals surface area contributed by atoms with E-state index >= 15 is 0 Å². The van der Waals surface area contributed by atoms with Gasteiger partial charge in [0.2, 0.25) is 10.0 Å². The lowest BCUT2D eigenvalue weighted by atomic mass is 10.1. The van der Waals surface area contributed by atoms with Gasteiger partial charge < -0.3 is 10.1 Å². The van der Waals surface area contributed by atoms with E-state index in [1.807, 2.05) is 0 Å². The molecule has 0 radical (unpaired) electrons. The molecule has 1 aromatic carbocycles. The molecule has 0 spiro atoms. The minimum Gasteiger partial charge on any atom is -0.495 e. The molecule has 0 bridgehead atoms. The average Bonchev–Trinajstić information content (AvgIpc) is 2.38. The molecule has 0 aliphatic carbocycles. The van der Waals surface area contributed by atoms with Gasteiger partial charge in [0.05, 0.1) is 7.11 Å². The number of rotatable bonds is 4. The van der Waals surface area contributed by atoms with Crippen LogP contribution in [0.25, 0.3) is 0 Å². The molecule has 1 saturated heterocycles. The smallest absolute Gasteiger partial charge is 0.244 e. The van der Waals surface area contributed by atoms with Crippen molar-refractivity contribution in [3.8, 4) is 5.75 Å². The van der Waals surface area contributed by atoms with Gasteiger partial charge in [0.15, 0.2) is 0 Å². The predicted molar refractivity (Wildman–Crippen MR) is 74.2 cm³/mol. The van der Waals surface area contributed by atoms with Crippen LogP contribution in [0, 0.1) is 0 Å². The molecule has 0 aromatic heterocycles. The van der Waals surface area contributed by atoms with Crippen LogP contribution < -0.4 is 14.8 Å². The fourth-order valence-corrected chi connectivity index (χ4v) is 3.70. The molecule has 5 nitrogen and oxygen atoms in total. The van der Waals surface area contributed by atoms with E-state index in [2.05, 4.69) is 10.0 Å². The van der Waals surface area contributed by atoms with Crippen LogP contribution in [0.2, 0.25) is 5.02 Å². The first-order chi connectivity index (χ1) is 9.03. The molecule has 1 heterocycles. The molecule has 1 fully saturated rings. The lowest BCUT2D eigenvalue weighted by Crippen LogP contribution is -2.42. The van der Waals surface area contributed by atoms with Crippen molar-refractivity contribution in [2.75, 3.05) is 20.2 Å². The van der Waals surface area contributed by atoms with Crippen molar-refractivity contribution >= 4 is 21.6 Å². The molecule has 106 valence electrons. The quantitative estimate of drug-likeness (QED) is 0.882. The van der Waals surface area contributed by atoms with E-state index in [0.29, 0.717) is 5.02 Å². The van der Waals surface area contributed by atoms with E-state index in [9.17, 15) is 8.42 Å². The second kappa shape index (κ2) is 6.09. The summed E-state index contributed by atoms with van der Waals surface area (Å²) in [6.45, 7) is 1.65. The maximum absolute atomic E-state index is 12.3. The highest BCUT2D eigenvalue weighted by Gasteiger charge is 2.24. The van der Waals surface area contributed by atoms with Gasteiger partial charge in [0, 0.05) is 17.1 Å². The Bertz CT molecular complexity index is 542. The Kier molecular flexibility index (Phi) is 4.67. The Hall–Kier alpha value is -0.820. The molecule has 1 aliphatic rings. The van der Waals surface area contributed by atoms with Gasteiger partial charge in [-0.15, -0.1) is 0 Å². The van der Waals surface area contributed by atoms with E-state index in [-0.39, 0.29) is 16.7 Å². The van der Waals surface area contributed by atoms with Crippen LogP contribution in [0.1, 0.15) is 12.8 Å². The SMILES string of the molecule is COc1cc(Cl)ccc1S(=O)(=O)NC1CCNCC1. The lowest BCUT2D eigenvalue weighted by Gasteiger charge is -2.23. The number of hydrogen-bond acceptors (Lipinski definition) is 4. The van der Waals surface area contributed by atoms with Crippen LogP contribution in [0.5, 0.6) is 5.75 Å². The molecule has 2 rings (SSSR count). The van der Waals surface area contributed by atoms with Gasteiger partial charge in [0.1, 0.15) is 10.6 Å². The van der Waals surface area contributed by atoms with E-state index in [1.54, 1.807) is 6.07 Å². The lowest BCUT2D eigenvalue weighted by molar-refractivity contribution is 0.399. The fourth-order valence-electron chi connectivity index (χ4n) is 2.09. The van der Waals surface area contributed by atoms with Gasteiger partial charge in [-0.05, 0) is 38.1 Å². The molecule has 0 atom stereocenters. The maximum Gasteiger partial charge on any atom is 0.244 e. The third-order valence-corrected chi connectivity index (χ3v) is 4.87. The van der Waals surface area contributed by atoms with Crippen LogP contribution in [-0.2, 0) is 10.0 Å². The zero-order chi connectivity index (χ0) is 13.9. The van der Waals surface area contributed by atoms with E-state index in [4.69, 9.17) is 16.3 Å². The number of ether oxygens (including phenoxy) is 1. The third kappa shape index (κ3) is 3.60. The fraction of sp³-hybridized carbons (Fsp3) is 0.500. The van der Waals surface area contributed by atoms with Crippen molar-refractivity contribution in [3.63, 3.8) is 0 Å². The molecule has 0 saturated carbocycles. The number of sulfonamides is 1. The van der Waals surface area contributed by atoms with Gasteiger partial charge in [-0.2, -0.15) is 0 Å². The molecule has 2 N–H and O–H groups in total. The van der Waals surface area contributed by atoms with Crippen LogP contribution in [0.4, 0.5) is 0 Å². The molecular formula is C12H17ClN2O3S. The number of hydrogen-bond donors (Lipinski definition) is 2. The van der Waals surface area contributed by atoms with Crippen molar-refractivity contribution in [1.82, 2.24) is 10.0 Å². The molecule has 1 aliphatic heterocycles. The molecule has 0 amide bonds. The van der Waals surface area contributed by atoms with E-state index in [1.165, 1.54) is 19.2 Å². The first-order valence-electron chi connectivity index (χ1n) is 6.09. The summed E-state index contributed by atoms with van der Waals surface area (Å²) in [6.07, 6.45) is 1.57. The second-order valence-corrected chi connectivity index (χ2v) is 6.56. The Morgan fingerprint density at radius 2 is 2.05 bits per heavy atom. The van der Waals surface area contributed by atoms with Crippen LogP contribution in [0.3, 0.4) is 0 Å². The zero-order valence-electron chi connectivity index (χ0n) is 10.6. The predicted octanol–water partition coefficient (Wildman–Crippen LogP) is 1.38. The molecule has 0 unspecified atom stereocenters. The summed E-state index contributed by atoms with van der Waals surface area (Å²) in [6, 6.07) is 4.47. The molecule has 19 heavy (non-hydrogen) atoms. The van der Waals surface area contributed by atoms with Crippen molar-refractivity contribution in [1.29, 1.82) is 0 Å². The average molecular weight is 305 g/mol. The Morgan fingerprint density at radius 3 is 2.68 bits per heavy atom. The molecular weight excluding hydrogens is 288 g/mol. The summed E-state index contributed by atoms with van der Waals surface area (Å²) in [5, 5.41) is 3.64. The largest absolute Gasteiger partial charge is 0.495 e. The van der Waals surface area contributed by atoms with E-state index < -0.39 is 10.0 Å². The van der Waals surface area contributed by atoms with Gasteiger partial charge in [-0.1, -0.05) is 11.6 Å². The van der Waals surface area contributed by atoms with Crippen molar-refractivity contribution in [2.45, 2.75) is 23.8 Å². The number of benzene rings is 1. The Balaban J connectivity index is 2.23. The third-order valence-electron chi connectivity index (χ3n) is 3.08. The van der Waals surface area contributed by atoms with Crippen LogP contribution >= 0.6 is 11.6 Å². The monoisotopic (exact) mass is 304 g/mol. The summed E-state index contributed by atoms with van der Waals surface area (Å²) < 4.78 is 32.5. The normalized spacial score (nSPS) is 17.4. The van der Waals surface area contributed by atoms with Gasteiger partial charge in [-0.25, -0.2) is 13.1 Å². The first kappa shape index (κ1) is 14.6. The number of piperidine rings is 1. The Morgan fingerprint density at radius 1 is 1.37 bits per heavy atom. The summed E-state index contributed by atoms with van der Waals surface area (Å²) in [5.41, 5.74) is 0.